The molecule has 0 saturated carbocycles. The third kappa shape index (κ3) is 5.56. The molecule has 37 heavy (non-hydrogen) atoms. The number of nitrogens with one attached hydrogen (secondary N) is 2. The van der Waals surface area contributed by atoms with Gasteiger partial charge < -0.3 is 15.4 Å². The number of nitrogens with zero attached hydrogens (tertiary/aromatic N) is 6. The fraction of sp³-hybridized carbons (Fsp3) is 0.238. The van der Waals surface area contributed by atoms with E-state index in [2.05, 4.69) is 35.8 Å². The van der Waals surface area contributed by atoms with E-state index in [0.29, 0.717) is 33.7 Å². The van der Waals surface area contributed by atoms with Gasteiger partial charge in [-0.2, -0.15) is 18.3 Å². The average molecular weight is 543 g/mol. The highest BCUT2D eigenvalue weighted by Crippen LogP contribution is 2.35. The molecule has 0 radical (unpaired) electrons. The predicted molar refractivity (Wildman–Crippen MR) is 122 cm³/mol. The van der Waals surface area contributed by atoms with Crippen molar-refractivity contribution in [3.63, 3.8) is 0 Å². The van der Waals surface area contributed by atoms with Crippen LogP contribution in [0.25, 0.3) is 16.9 Å². The fourth-order valence-corrected chi connectivity index (χ4v) is 3.49. The molecule has 0 fully saturated rings. The van der Waals surface area contributed by atoms with Gasteiger partial charge in [-0.25, -0.2) is 23.5 Å². The highest BCUT2D eigenvalue weighted by Gasteiger charge is 2.36. The van der Waals surface area contributed by atoms with Crippen LogP contribution in [0.1, 0.15) is 36.3 Å². The Morgan fingerprint density at radius 2 is 1.89 bits per heavy atom. The van der Waals surface area contributed by atoms with E-state index in [1.807, 2.05) is 0 Å². The number of rotatable bonds is 6. The fourth-order valence-electron chi connectivity index (χ4n) is 3.35. The number of carbonyl (C=O) groups excluding carboxylic acids is 1. The second-order valence-electron chi connectivity index (χ2n) is 7.50. The molecule has 1 atom stereocenters. The molecular formula is C21H16ClF5N8O2. The van der Waals surface area contributed by atoms with Crippen LogP contribution in [0.4, 0.5) is 38.1 Å². The average Bonchev–Trinajstić information content (AvgIpc) is 3.33. The summed E-state index contributed by atoms with van der Waals surface area (Å²) in [5.41, 5.74) is -1.07. The molecule has 0 aliphatic rings. The number of methoxy groups -OCH3 is 1. The molecule has 2 amide bonds. The van der Waals surface area contributed by atoms with Crippen molar-refractivity contribution >= 4 is 40.0 Å². The molecule has 0 aliphatic carbocycles. The maximum Gasteiger partial charge on any atom is 0.420 e. The number of anilines is 2. The molecule has 4 aromatic rings. The van der Waals surface area contributed by atoms with Gasteiger partial charge in [-0.05, 0) is 25.1 Å². The van der Waals surface area contributed by atoms with Gasteiger partial charge in [-0.3, -0.25) is 4.98 Å². The van der Waals surface area contributed by atoms with Gasteiger partial charge in [-0.15, -0.1) is 9.90 Å². The summed E-state index contributed by atoms with van der Waals surface area (Å²) in [6.07, 6.45) is -5.70. The summed E-state index contributed by atoms with van der Waals surface area (Å²) in [5, 5.41) is 11.7. The van der Waals surface area contributed by atoms with Crippen molar-refractivity contribution in [3.8, 4) is 5.82 Å². The minimum atomic E-state index is -4.97. The van der Waals surface area contributed by atoms with Gasteiger partial charge in [0.05, 0.1) is 47.1 Å². The molecule has 2 N–H and O–H groups in total. The zero-order valence-electron chi connectivity index (χ0n) is 18.9. The van der Waals surface area contributed by atoms with E-state index in [1.165, 1.54) is 13.3 Å². The van der Waals surface area contributed by atoms with Gasteiger partial charge in [-0.1, -0.05) is 11.6 Å². The number of urea groups is 1. The molecule has 16 heteroatoms. The SMILES string of the molecule is COC(C)c1c(NC(=O)Nc2cnc(-n3ncc(C(F)F)n3)c(C(F)(F)F)c2)cnc2ccc(Cl)nc12. The molecule has 0 aliphatic heterocycles. The molecule has 4 heterocycles. The summed E-state index contributed by atoms with van der Waals surface area (Å²) in [6, 6.07) is 2.82. The van der Waals surface area contributed by atoms with Crippen molar-refractivity contribution in [1.82, 2.24) is 29.9 Å². The van der Waals surface area contributed by atoms with E-state index in [-0.39, 0.29) is 16.5 Å². The Morgan fingerprint density at radius 3 is 2.54 bits per heavy atom. The van der Waals surface area contributed by atoms with Gasteiger partial charge in [0, 0.05) is 12.7 Å². The molecule has 194 valence electrons. The second kappa shape index (κ2) is 10.2. The maximum absolute atomic E-state index is 13.7. The molecule has 4 aromatic heterocycles. The Kier molecular flexibility index (Phi) is 7.18. The first kappa shape index (κ1) is 26.1. The van der Waals surface area contributed by atoms with E-state index in [0.717, 1.165) is 6.20 Å². The molecule has 10 nitrogen and oxygen atoms in total. The van der Waals surface area contributed by atoms with Gasteiger partial charge in [0.1, 0.15) is 16.4 Å². The molecule has 4 rings (SSSR count). The molecule has 1 unspecified atom stereocenters. The number of hydrogen-bond acceptors (Lipinski definition) is 7. The Bertz CT molecular complexity index is 1460. The lowest BCUT2D eigenvalue weighted by Crippen LogP contribution is -2.22. The summed E-state index contributed by atoms with van der Waals surface area (Å²) in [7, 11) is 1.44. The lowest BCUT2D eigenvalue weighted by molar-refractivity contribution is -0.137. The van der Waals surface area contributed by atoms with Crippen LogP contribution in [0.5, 0.6) is 0 Å². The zero-order chi connectivity index (χ0) is 26.9. The number of halogens is 6. The van der Waals surface area contributed by atoms with Crippen LogP contribution >= 0.6 is 11.6 Å². The third-order valence-corrected chi connectivity index (χ3v) is 5.29. The van der Waals surface area contributed by atoms with Gasteiger partial charge in [0.2, 0.25) is 0 Å². The van der Waals surface area contributed by atoms with Crippen LogP contribution in [0, 0.1) is 0 Å². The van der Waals surface area contributed by atoms with Gasteiger partial charge >= 0.3 is 12.2 Å². The zero-order valence-corrected chi connectivity index (χ0v) is 19.6. The minimum absolute atomic E-state index is 0.176. The summed E-state index contributed by atoms with van der Waals surface area (Å²) in [5.74, 6) is -0.844. The lowest BCUT2D eigenvalue weighted by atomic mass is 10.1. The van der Waals surface area contributed by atoms with E-state index < -0.39 is 41.8 Å². The van der Waals surface area contributed by atoms with Crippen molar-refractivity contribution in [3.05, 3.63) is 58.8 Å². The molecule has 0 saturated heterocycles. The van der Waals surface area contributed by atoms with Gasteiger partial charge in [0.25, 0.3) is 6.43 Å². The summed E-state index contributed by atoms with van der Waals surface area (Å²) >= 11 is 6.00. The number of pyridine rings is 3. The third-order valence-electron chi connectivity index (χ3n) is 5.08. The van der Waals surface area contributed by atoms with Crippen LogP contribution in [-0.4, -0.2) is 43.1 Å². The normalized spacial score (nSPS) is 12.7. The van der Waals surface area contributed by atoms with Gasteiger partial charge in [0.15, 0.2) is 5.82 Å². The van der Waals surface area contributed by atoms with E-state index in [4.69, 9.17) is 16.3 Å². The van der Waals surface area contributed by atoms with Crippen molar-refractivity contribution in [2.24, 2.45) is 0 Å². The molecular weight excluding hydrogens is 527 g/mol. The number of hydrogen-bond donors (Lipinski definition) is 2. The number of aromatic nitrogens is 6. The number of ether oxygens (including phenoxy) is 1. The minimum Gasteiger partial charge on any atom is -0.377 e. The molecule has 0 bridgehead atoms. The summed E-state index contributed by atoms with van der Waals surface area (Å²) in [4.78, 5) is 25.1. The molecule has 0 spiro atoms. The van der Waals surface area contributed by atoms with Crippen LogP contribution < -0.4 is 10.6 Å². The largest absolute Gasteiger partial charge is 0.420 e. The first-order valence-electron chi connectivity index (χ1n) is 10.3. The monoisotopic (exact) mass is 542 g/mol. The highest BCUT2D eigenvalue weighted by molar-refractivity contribution is 6.29. The van der Waals surface area contributed by atoms with E-state index >= 15 is 0 Å². The lowest BCUT2D eigenvalue weighted by Gasteiger charge is -2.18. The van der Waals surface area contributed by atoms with Crippen molar-refractivity contribution in [2.75, 3.05) is 17.7 Å². The Hall–Kier alpha value is -3.98. The first-order chi connectivity index (χ1) is 17.5. The van der Waals surface area contributed by atoms with Crippen LogP contribution in [0.15, 0.2) is 36.8 Å². The standard InChI is InChI=1S/C21H16ClF5N8O2/c1-9(37-2)16-13(7-28-12-3-4-15(22)33-17(12)16)32-20(36)31-10-5-11(21(25,26)27)19(29-6-10)35-30-8-14(34-35)18(23)24/h3-9,18H,1-2H3,(H2,31,32,36). The van der Waals surface area contributed by atoms with Crippen molar-refractivity contribution < 1.29 is 31.5 Å². The Labute approximate surface area is 209 Å². The van der Waals surface area contributed by atoms with Crippen molar-refractivity contribution in [2.45, 2.75) is 25.6 Å². The van der Waals surface area contributed by atoms with E-state index in [9.17, 15) is 26.7 Å². The second-order valence-corrected chi connectivity index (χ2v) is 7.88. The summed E-state index contributed by atoms with van der Waals surface area (Å²) in [6.45, 7) is 1.70. The first-order valence-corrected chi connectivity index (χ1v) is 10.7. The summed E-state index contributed by atoms with van der Waals surface area (Å²) < 4.78 is 72.0. The number of carbonyl (C=O) groups is 1. The number of fused-ring (bicyclic) bond motifs is 1. The quantitative estimate of drug-likeness (QED) is 0.241. The highest BCUT2D eigenvalue weighted by atomic mass is 35.5. The Morgan fingerprint density at radius 1 is 1.14 bits per heavy atom. The predicted octanol–water partition coefficient (Wildman–Crippen LogP) is 5.57. The van der Waals surface area contributed by atoms with Crippen LogP contribution in [0.2, 0.25) is 5.15 Å². The Balaban J connectivity index is 1.64. The smallest absolute Gasteiger partial charge is 0.377 e. The number of alkyl halides is 5. The van der Waals surface area contributed by atoms with Crippen molar-refractivity contribution in [1.29, 1.82) is 0 Å². The van der Waals surface area contributed by atoms with E-state index in [1.54, 1.807) is 19.1 Å². The topological polar surface area (TPSA) is 120 Å². The molecule has 0 aromatic carbocycles. The van der Waals surface area contributed by atoms with Crippen LogP contribution in [0.3, 0.4) is 0 Å². The van der Waals surface area contributed by atoms with Crippen LogP contribution in [-0.2, 0) is 10.9 Å². The maximum atomic E-state index is 13.7. The number of amides is 2.